The van der Waals surface area contributed by atoms with Crippen LogP contribution in [0.15, 0.2) is 83.8 Å². The molecule has 0 radical (unpaired) electrons. The Morgan fingerprint density at radius 1 is 0.970 bits per heavy atom. The minimum absolute atomic E-state index is 0.103. The van der Waals surface area contributed by atoms with Crippen molar-refractivity contribution in [1.29, 1.82) is 0 Å². The number of nitrogens with one attached hydrogen (secondary N) is 1. The van der Waals surface area contributed by atoms with Crippen molar-refractivity contribution in [1.82, 2.24) is 10.2 Å². The van der Waals surface area contributed by atoms with Crippen molar-refractivity contribution in [3.8, 4) is 0 Å². The van der Waals surface area contributed by atoms with E-state index in [9.17, 15) is 9.59 Å². The average Bonchev–Trinajstić information content (AvgIpc) is 2.83. The van der Waals surface area contributed by atoms with Crippen LogP contribution in [0.5, 0.6) is 0 Å². The molecule has 0 fully saturated rings. The van der Waals surface area contributed by atoms with Gasteiger partial charge < -0.3 is 10.2 Å². The van der Waals surface area contributed by atoms with Crippen molar-refractivity contribution < 1.29 is 9.59 Å². The molecule has 1 N–H and O–H groups in total. The van der Waals surface area contributed by atoms with E-state index in [4.69, 9.17) is 23.2 Å². The molecule has 33 heavy (non-hydrogen) atoms. The van der Waals surface area contributed by atoms with E-state index < -0.39 is 6.04 Å². The Balaban J connectivity index is 1.84. The van der Waals surface area contributed by atoms with Crippen molar-refractivity contribution in [2.24, 2.45) is 0 Å². The number of carbonyl (C=O) groups excluding carboxylic acids is 2. The highest BCUT2D eigenvalue weighted by Crippen LogP contribution is 2.25. The molecule has 3 rings (SSSR count). The SMILES string of the molecule is CNC(=O)[C@H](Cc1ccccc1)N(Cc1ccc(Cl)cc1Cl)C(=O)CCSc1ccccc1. The van der Waals surface area contributed by atoms with Gasteiger partial charge in [-0.25, -0.2) is 0 Å². The third-order valence-electron chi connectivity index (χ3n) is 5.20. The normalized spacial score (nSPS) is 11.6. The van der Waals surface area contributed by atoms with E-state index in [1.165, 1.54) is 0 Å². The molecule has 0 saturated heterocycles. The summed E-state index contributed by atoms with van der Waals surface area (Å²) in [7, 11) is 1.59. The van der Waals surface area contributed by atoms with Crippen LogP contribution in [-0.4, -0.2) is 35.6 Å². The predicted molar refractivity (Wildman–Crippen MR) is 137 cm³/mol. The monoisotopic (exact) mass is 500 g/mol. The third-order valence-corrected chi connectivity index (χ3v) is 6.80. The molecule has 4 nitrogen and oxygen atoms in total. The Morgan fingerprint density at radius 3 is 2.27 bits per heavy atom. The molecular weight excluding hydrogens is 475 g/mol. The van der Waals surface area contributed by atoms with Crippen LogP contribution in [0, 0.1) is 0 Å². The molecule has 2 amide bonds. The first kappa shape index (κ1) is 25.2. The van der Waals surface area contributed by atoms with Crippen LogP contribution in [0.25, 0.3) is 0 Å². The van der Waals surface area contributed by atoms with Gasteiger partial charge in [0.1, 0.15) is 6.04 Å². The number of likely N-dealkylation sites (N-methyl/N-ethyl adjacent to an activating group) is 1. The maximum Gasteiger partial charge on any atom is 0.242 e. The summed E-state index contributed by atoms with van der Waals surface area (Å²) in [6.07, 6.45) is 0.705. The van der Waals surface area contributed by atoms with Gasteiger partial charge in [0.25, 0.3) is 0 Å². The van der Waals surface area contributed by atoms with Gasteiger partial charge in [-0.05, 0) is 35.4 Å². The average molecular weight is 501 g/mol. The summed E-state index contributed by atoms with van der Waals surface area (Å²) in [6, 6.07) is 24.2. The molecule has 0 bridgehead atoms. The highest BCUT2D eigenvalue weighted by Gasteiger charge is 2.30. The summed E-state index contributed by atoms with van der Waals surface area (Å²) in [5.41, 5.74) is 1.72. The van der Waals surface area contributed by atoms with Crippen LogP contribution in [0.4, 0.5) is 0 Å². The van der Waals surface area contributed by atoms with Gasteiger partial charge in [0.15, 0.2) is 0 Å². The summed E-state index contributed by atoms with van der Waals surface area (Å²) in [4.78, 5) is 29.1. The van der Waals surface area contributed by atoms with Crippen molar-refractivity contribution in [3.63, 3.8) is 0 Å². The van der Waals surface area contributed by atoms with Crippen LogP contribution in [0.3, 0.4) is 0 Å². The minimum atomic E-state index is -0.668. The fourth-order valence-corrected chi connectivity index (χ4v) is 4.80. The van der Waals surface area contributed by atoms with Gasteiger partial charge in [0.2, 0.25) is 11.8 Å². The van der Waals surface area contributed by atoms with E-state index in [0.717, 1.165) is 16.0 Å². The summed E-state index contributed by atoms with van der Waals surface area (Å²) in [6.45, 7) is 0.218. The molecule has 0 heterocycles. The number of thioether (sulfide) groups is 1. The van der Waals surface area contributed by atoms with Crippen molar-refractivity contribution in [3.05, 3.63) is 100 Å². The Morgan fingerprint density at radius 2 is 1.64 bits per heavy atom. The maximum atomic E-state index is 13.4. The number of nitrogens with zero attached hydrogens (tertiary/aromatic N) is 1. The minimum Gasteiger partial charge on any atom is -0.357 e. The summed E-state index contributed by atoms with van der Waals surface area (Å²) in [5.74, 6) is 0.293. The van der Waals surface area contributed by atoms with Crippen LogP contribution in [0.1, 0.15) is 17.5 Å². The molecule has 0 aliphatic carbocycles. The lowest BCUT2D eigenvalue weighted by molar-refractivity contribution is -0.140. The Hall–Kier alpha value is -2.47. The third kappa shape index (κ3) is 7.53. The van der Waals surface area contributed by atoms with Crippen molar-refractivity contribution in [2.75, 3.05) is 12.8 Å². The molecule has 0 unspecified atom stereocenters. The number of halogens is 2. The van der Waals surface area contributed by atoms with Gasteiger partial charge in [-0.1, -0.05) is 77.8 Å². The number of hydrogen-bond acceptors (Lipinski definition) is 3. The zero-order valence-electron chi connectivity index (χ0n) is 18.3. The number of carbonyl (C=O) groups is 2. The van der Waals surface area contributed by atoms with Gasteiger partial charge in [-0.2, -0.15) is 0 Å². The molecular formula is C26H26Cl2N2O2S. The van der Waals surface area contributed by atoms with E-state index in [0.29, 0.717) is 28.6 Å². The van der Waals surface area contributed by atoms with Gasteiger partial charge >= 0.3 is 0 Å². The first-order valence-electron chi connectivity index (χ1n) is 10.6. The van der Waals surface area contributed by atoms with Crippen molar-refractivity contribution >= 4 is 46.8 Å². The van der Waals surface area contributed by atoms with Gasteiger partial charge in [-0.3, -0.25) is 9.59 Å². The molecule has 0 aliphatic rings. The topological polar surface area (TPSA) is 49.4 Å². The molecule has 172 valence electrons. The van der Waals surface area contributed by atoms with E-state index in [1.807, 2.05) is 60.7 Å². The van der Waals surface area contributed by atoms with Gasteiger partial charge in [-0.15, -0.1) is 11.8 Å². The van der Waals surface area contributed by atoms with E-state index >= 15 is 0 Å². The molecule has 0 saturated carbocycles. The Bertz CT molecular complexity index is 1060. The molecule has 3 aromatic carbocycles. The second kappa shape index (κ2) is 12.7. The van der Waals surface area contributed by atoms with Crippen LogP contribution < -0.4 is 5.32 Å². The summed E-state index contributed by atoms with van der Waals surface area (Å²) >= 11 is 14.1. The Labute approximate surface area is 209 Å². The largest absolute Gasteiger partial charge is 0.357 e. The van der Waals surface area contributed by atoms with Crippen LogP contribution in [0.2, 0.25) is 10.0 Å². The zero-order valence-corrected chi connectivity index (χ0v) is 20.7. The number of rotatable bonds is 10. The molecule has 3 aromatic rings. The molecule has 0 aliphatic heterocycles. The summed E-state index contributed by atoms with van der Waals surface area (Å²) < 4.78 is 0. The van der Waals surface area contributed by atoms with Crippen LogP contribution >= 0.6 is 35.0 Å². The highest BCUT2D eigenvalue weighted by molar-refractivity contribution is 7.99. The molecule has 7 heteroatoms. The lowest BCUT2D eigenvalue weighted by Crippen LogP contribution is -2.49. The van der Waals surface area contributed by atoms with E-state index in [1.54, 1.807) is 41.9 Å². The fourth-order valence-electron chi connectivity index (χ4n) is 3.47. The fraction of sp³-hybridized carbons (Fsp3) is 0.231. The smallest absolute Gasteiger partial charge is 0.242 e. The lowest BCUT2D eigenvalue weighted by Gasteiger charge is -2.31. The van der Waals surface area contributed by atoms with E-state index in [-0.39, 0.29) is 18.4 Å². The molecule has 1 atom stereocenters. The predicted octanol–water partition coefficient (Wildman–Crippen LogP) is 5.86. The lowest BCUT2D eigenvalue weighted by atomic mass is 10.0. The standard InChI is InChI=1S/C26H26Cl2N2O2S/c1-29-26(32)24(16-19-8-4-2-5-9-19)30(18-20-12-13-21(27)17-23(20)28)25(31)14-15-33-22-10-6-3-7-11-22/h2-13,17,24H,14-16,18H2,1H3,(H,29,32)/t24-/m0/s1. The number of benzene rings is 3. The van der Waals surface area contributed by atoms with E-state index in [2.05, 4.69) is 5.32 Å². The first-order valence-corrected chi connectivity index (χ1v) is 12.4. The van der Waals surface area contributed by atoms with Gasteiger partial charge in [0, 0.05) is 47.1 Å². The second-order valence-electron chi connectivity index (χ2n) is 7.49. The molecule has 0 spiro atoms. The summed E-state index contributed by atoms with van der Waals surface area (Å²) in [5, 5.41) is 3.71. The number of hydrogen-bond donors (Lipinski definition) is 1. The second-order valence-corrected chi connectivity index (χ2v) is 9.50. The maximum absolute atomic E-state index is 13.4. The molecule has 0 aromatic heterocycles. The zero-order chi connectivity index (χ0) is 23.6. The quantitative estimate of drug-likeness (QED) is 0.354. The van der Waals surface area contributed by atoms with Gasteiger partial charge in [0.05, 0.1) is 0 Å². The highest BCUT2D eigenvalue weighted by atomic mass is 35.5. The van der Waals surface area contributed by atoms with Crippen molar-refractivity contribution in [2.45, 2.75) is 30.3 Å². The number of amides is 2. The van der Waals surface area contributed by atoms with Crippen LogP contribution in [-0.2, 0) is 22.6 Å². The first-order chi connectivity index (χ1) is 16.0. The Kier molecular flexibility index (Phi) is 9.67.